The van der Waals surface area contributed by atoms with Crippen LogP contribution in [-0.4, -0.2) is 9.97 Å². The van der Waals surface area contributed by atoms with Gasteiger partial charge in [0, 0.05) is 5.56 Å². The van der Waals surface area contributed by atoms with Crippen molar-refractivity contribution < 1.29 is 0 Å². The van der Waals surface area contributed by atoms with Gasteiger partial charge in [0.15, 0.2) is 0 Å². The van der Waals surface area contributed by atoms with Gasteiger partial charge in [-0.05, 0) is 56.4 Å². The number of hydrogen-bond acceptors (Lipinski definition) is 3. The first-order valence-corrected chi connectivity index (χ1v) is 10.6. The molecule has 0 saturated heterocycles. The third-order valence-corrected chi connectivity index (χ3v) is 6.19. The van der Waals surface area contributed by atoms with E-state index in [1.807, 2.05) is 18.3 Å². The summed E-state index contributed by atoms with van der Waals surface area (Å²) < 4.78 is 1.05. The molecule has 0 saturated carbocycles. The van der Waals surface area contributed by atoms with Crippen molar-refractivity contribution in [2.45, 2.75) is 0 Å². The molecule has 0 aliphatic rings. The molecule has 0 spiro atoms. The van der Waals surface area contributed by atoms with Crippen molar-refractivity contribution in [3.63, 3.8) is 0 Å². The summed E-state index contributed by atoms with van der Waals surface area (Å²) in [6.45, 7) is 0. The fourth-order valence-corrected chi connectivity index (χ4v) is 4.68. The van der Waals surface area contributed by atoms with Crippen molar-refractivity contribution >= 4 is 37.6 Å². The number of aromatic nitrogens is 2. The number of hydrogen-bond donors (Lipinski definition) is 0. The van der Waals surface area contributed by atoms with E-state index in [-0.39, 0.29) is 0 Å². The summed E-state index contributed by atoms with van der Waals surface area (Å²) in [6, 6.07) is 29.6. The van der Waals surface area contributed by atoms with Gasteiger partial charge in [0.1, 0.15) is 10.3 Å². The van der Waals surface area contributed by atoms with Gasteiger partial charge in [-0.3, -0.25) is 4.98 Å². The molecule has 5 rings (SSSR count). The molecule has 2 nitrogen and oxygen atoms in total. The zero-order valence-corrected chi connectivity index (χ0v) is 17.2. The van der Waals surface area contributed by atoms with Gasteiger partial charge >= 0.3 is 0 Å². The van der Waals surface area contributed by atoms with Crippen molar-refractivity contribution in [2.75, 3.05) is 0 Å². The maximum absolute atomic E-state index is 4.79. The molecule has 2 aromatic heterocycles. The van der Waals surface area contributed by atoms with Gasteiger partial charge in [-0.1, -0.05) is 66.7 Å². The smallest absolute Gasteiger partial charge is 0.143 e. The van der Waals surface area contributed by atoms with Gasteiger partial charge in [0.05, 0.1) is 15.7 Å². The van der Waals surface area contributed by atoms with Crippen LogP contribution in [0.5, 0.6) is 0 Å². The highest BCUT2D eigenvalue weighted by Crippen LogP contribution is 2.31. The Hall–Kier alpha value is -2.82. The van der Waals surface area contributed by atoms with Gasteiger partial charge in [0.25, 0.3) is 0 Å². The Balaban J connectivity index is 1.55. The second-order valence-corrected chi connectivity index (χ2v) is 8.93. The SMILES string of the molecule is Brc1cc2ncc(-c3cccc(-c4cccc(-c5ccccc5)c4)c3)nc2s1. The molecule has 2 heterocycles. The van der Waals surface area contributed by atoms with Crippen LogP contribution in [0.25, 0.3) is 43.9 Å². The van der Waals surface area contributed by atoms with Crippen molar-refractivity contribution in [2.24, 2.45) is 0 Å². The fourth-order valence-electron chi connectivity index (χ4n) is 3.29. The molecule has 0 amide bonds. The lowest BCUT2D eigenvalue weighted by atomic mass is 9.97. The molecule has 0 aliphatic heterocycles. The molecular formula is C24H15BrN2S. The van der Waals surface area contributed by atoms with Crippen molar-refractivity contribution in [1.82, 2.24) is 9.97 Å². The lowest BCUT2D eigenvalue weighted by Crippen LogP contribution is -1.87. The maximum Gasteiger partial charge on any atom is 0.143 e. The number of rotatable bonds is 3. The summed E-state index contributed by atoms with van der Waals surface area (Å²) in [5.41, 5.74) is 7.69. The first-order valence-electron chi connectivity index (χ1n) is 8.95. The molecule has 134 valence electrons. The largest absolute Gasteiger partial charge is 0.251 e. The molecule has 3 aromatic carbocycles. The Kier molecular flexibility index (Phi) is 4.51. The van der Waals surface area contributed by atoms with E-state index >= 15 is 0 Å². The predicted molar refractivity (Wildman–Crippen MR) is 121 cm³/mol. The van der Waals surface area contributed by atoms with E-state index in [0.29, 0.717) is 0 Å². The summed E-state index contributed by atoms with van der Waals surface area (Å²) in [6.07, 6.45) is 1.85. The van der Waals surface area contributed by atoms with Gasteiger partial charge < -0.3 is 0 Å². The van der Waals surface area contributed by atoms with E-state index in [2.05, 4.69) is 93.7 Å². The van der Waals surface area contributed by atoms with E-state index in [1.54, 1.807) is 11.3 Å². The number of nitrogens with zero attached hydrogens (tertiary/aromatic N) is 2. The molecule has 0 radical (unpaired) electrons. The molecule has 0 N–H and O–H groups in total. The first kappa shape index (κ1) is 17.3. The molecule has 0 atom stereocenters. The lowest BCUT2D eigenvalue weighted by Gasteiger charge is -2.08. The molecule has 0 aliphatic carbocycles. The highest BCUT2D eigenvalue weighted by molar-refractivity contribution is 9.11. The maximum atomic E-state index is 4.79. The van der Waals surface area contributed by atoms with Gasteiger partial charge in [-0.25, -0.2) is 4.98 Å². The molecule has 0 bridgehead atoms. The normalized spacial score (nSPS) is 11.0. The molecule has 0 unspecified atom stereocenters. The summed E-state index contributed by atoms with van der Waals surface area (Å²) in [5.74, 6) is 0. The fraction of sp³-hybridized carbons (Fsp3) is 0. The van der Waals surface area contributed by atoms with Crippen LogP contribution in [0, 0.1) is 0 Å². The van der Waals surface area contributed by atoms with Crippen LogP contribution in [0.15, 0.2) is 94.9 Å². The van der Waals surface area contributed by atoms with Crippen molar-refractivity contribution in [3.05, 3.63) is 94.9 Å². The van der Waals surface area contributed by atoms with E-state index in [9.17, 15) is 0 Å². The summed E-state index contributed by atoms with van der Waals surface area (Å²) in [5, 5.41) is 0. The number of halogens is 1. The minimum absolute atomic E-state index is 0.892. The van der Waals surface area contributed by atoms with Crippen LogP contribution in [-0.2, 0) is 0 Å². The average molecular weight is 443 g/mol. The number of fused-ring (bicyclic) bond motifs is 1. The quantitative estimate of drug-likeness (QED) is 0.289. The van der Waals surface area contributed by atoms with Crippen LogP contribution < -0.4 is 0 Å². The van der Waals surface area contributed by atoms with Gasteiger partial charge in [-0.15, -0.1) is 11.3 Å². The van der Waals surface area contributed by atoms with E-state index in [4.69, 9.17) is 4.98 Å². The van der Waals surface area contributed by atoms with Crippen LogP contribution in [0.4, 0.5) is 0 Å². The Morgan fingerprint density at radius 1 is 0.643 bits per heavy atom. The number of thiophene rings is 1. The number of benzene rings is 3. The molecule has 4 heteroatoms. The van der Waals surface area contributed by atoms with Crippen molar-refractivity contribution in [1.29, 1.82) is 0 Å². The van der Waals surface area contributed by atoms with Gasteiger partial charge in [0.2, 0.25) is 0 Å². The third kappa shape index (κ3) is 3.37. The summed E-state index contributed by atoms with van der Waals surface area (Å²) in [4.78, 5) is 10.3. The monoisotopic (exact) mass is 442 g/mol. The summed E-state index contributed by atoms with van der Waals surface area (Å²) >= 11 is 5.12. The minimum atomic E-state index is 0.892. The second-order valence-electron chi connectivity index (χ2n) is 6.52. The van der Waals surface area contributed by atoms with Crippen LogP contribution in [0.1, 0.15) is 0 Å². The zero-order chi connectivity index (χ0) is 18.9. The Bertz CT molecular complexity index is 1280. The van der Waals surface area contributed by atoms with Gasteiger partial charge in [-0.2, -0.15) is 0 Å². The molecular weight excluding hydrogens is 428 g/mol. The third-order valence-electron chi connectivity index (χ3n) is 4.67. The highest BCUT2D eigenvalue weighted by Gasteiger charge is 2.08. The first-order chi connectivity index (χ1) is 13.8. The Morgan fingerprint density at radius 3 is 2.00 bits per heavy atom. The lowest BCUT2D eigenvalue weighted by molar-refractivity contribution is 1.31. The second kappa shape index (κ2) is 7.30. The molecule has 5 aromatic rings. The minimum Gasteiger partial charge on any atom is -0.251 e. The van der Waals surface area contributed by atoms with E-state index in [0.717, 1.165) is 25.4 Å². The van der Waals surface area contributed by atoms with Crippen molar-refractivity contribution in [3.8, 4) is 33.5 Å². The Labute approximate surface area is 175 Å². The van der Waals surface area contributed by atoms with Crippen LogP contribution in [0.3, 0.4) is 0 Å². The summed E-state index contributed by atoms with van der Waals surface area (Å²) in [7, 11) is 0. The topological polar surface area (TPSA) is 25.8 Å². The average Bonchev–Trinajstić information content (AvgIpc) is 3.14. The standard InChI is InChI=1S/C24H15BrN2S/c25-23-14-21-24(28-23)27-22(15-26-21)20-11-5-10-19(13-20)18-9-4-8-17(12-18)16-6-2-1-3-7-16/h1-15H. The Morgan fingerprint density at radius 2 is 1.25 bits per heavy atom. The van der Waals surface area contributed by atoms with E-state index < -0.39 is 0 Å². The zero-order valence-electron chi connectivity index (χ0n) is 14.8. The van der Waals surface area contributed by atoms with Crippen LogP contribution in [0.2, 0.25) is 0 Å². The molecule has 0 fully saturated rings. The van der Waals surface area contributed by atoms with Crippen LogP contribution >= 0.6 is 27.3 Å². The molecule has 28 heavy (non-hydrogen) atoms. The van der Waals surface area contributed by atoms with E-state index in [1.165, 1.54) is 22.3 Å². The predicted octanol–water partition coefficient (Wildman–Crippen LogP) is 7.45. The highest BCUT2D eigenvalue weighted by atomic mass is 79.9.